The molecule has 1 saturated heterocycles. The summed E-state index contributed by atoms with van der Waals surface area (Å²) in [7, 11) is 5.21. The van der Waals surface area contributed by atoms with Gasteiger partial charge < -0.3 is 20.4 Å². The molecule has 1 aliphatic rings. The number of aliphatic imine (C=N–C) groups is 1. The maximum Gasteiger partial charge on any atom is 0.241 e. The average Bonchev–Trinajstić information content (AvgIpc) is 2.73. The number of nitrogens with one attached hydrogen (secondary N) is 2. The highest BCUT2D eigenvalue weighted by atomic mass is 16.2. The number of amides is 2. The maximum atomic E-state index is 12.4. The molecule has 1 aromatic heterocycles. The zero-order valence-electron chi connectivity index (χ0n) is 17.1. The SMILES string of the molecule is CN=C(NCC(=O)N(C)CCc1ccccn1)N1CCC(CC(=O)NC)CC1. The normalized spacial score (nSPS) is 15.2. The standard InChI is InChI=1S/C20H32N6O2/c1-21-18(27)14-16-7-12-26(13-8-16)20(22-2)24-15-19(28)25(3)11-9-17-6-4-5-10-23-17/h4-6,10,16H,7-9,11-15H2,1-3H3,(H,21,27)(H,22,24). The molecule has 8 nitrogen and oxygen atoms in total. The molecule has 8 heteroatoms. The van der Waals surface area contributed by atoms with Gasteiger partial charge in [-0.3, -0.25) is 19.6 Å². The third-order valence-electron chi connectivity index (χ3n) is 5.13. The third kappa shape index (κ3) is 6.83. The molecule has 1 aliphatic heterocycles. The summed E-state index contributed by atoms with van der Waals surface area (Å²) >= 11 is 0. The average molecular weight is 389 g/mol. The summed E-state index contributed by atoms with van der Waals surface area (Å²) < 4.78 is 0. The van der Waals surface area contributed by atoms with Crippen molar-refractivity contribution in [1.82, 2.24) is 25.4 Å². The highest BCUT2D eigenvalue weighted by Crippen LogP contribution is 2.20. The Morgan fingerprint density at radius 2 is 2.07 bits per heavy atom. The van der Waals surface area contributed by atoms with Gasteiger partial charge in [0, 0.05) is 65.5 Å². The van der Waals surface area contributed by atoms with E-state index in [4.69, 9.17) is 0 Å². The molecule has 0 unspecified atom stereocenters. The molecule has 2 heterocycles. The quantitative estimate of drug-likeness (QED) is 0.525. The minimum Gasteiger partial charge on any atom is -0.359 e. The first kappa shape index (κ1) is 21.7. The Morgan fingerprint density at radius 1 is 1.32 bits per heavy atom. The highest BCUT2D eigenvalue weighted by molar-refractivity contribution is 5.86. The predicted octanol–water partition coefficient (Wildman–Crippen LogP) is 0.506. The van der Waals surface area contributed by atoms with Gasteiger partial charge in [0.15, 0.2) is 5.96 Å². The van der Waals surface area contributed by atoms with Gasteiger partial charge in [-0.25, -0.2) is 0 Å². The Balaban J connectivity index is 1.72. The van der Waals surface area contributed by atoms with Crippen molar-refractivity contribution in [3.63, 3.8) is 0 Å². The molecule has 2 amide bonds. The second-order valence-electron chi connectivity index (χ2n) is 7.09. The number of aromatic nitrogens is 1. The summed E-state index contributed by atoms with van der Waals surface area (Å²) in [6, 6.07) is 5.80. The van der Waals surface area contributed by atoms with Crippen LogP contribution >= 0.6 is 0 Å². The topological polar surface area (TPSA) is 89.9 Å². The number of nitrogens with zero attached hydrogens (tertiary/aromatic N) is 4. The summed E-state index contributed by atoms with van der Waals surface area (Å²) in [6.07, 6.45) is 4.98. The van der Waals surface area contributed by atoms with Crippen LogP contribution in [0.15, 0.2) is 29.4 Å². The number of pyridine rings is 1. The van der Waals surface area contributed by atoms with E-state index in [1.807, 2.05) is 18.2 Å². The highest BCUT2D eigenvalue weighted by Gasteiger charge is 2.23. The van der Waals surface area contributed by atoms with E-state index in [0.29, 0.717) is 18.9 Å². The monoisotopic (exact) mass is 388 g/mol. The van der Waals surface area contributed by atoms with Crippen LogP contribution in [0.4, 0.5) is 0 Å². The Bertz CT molecular complexity index is 656. The molecule has 154 valence electrons. The van der Waals surface area contributed by atoms with E-state index in [1.165, 1.54) is 0 Å². The molecule has 2 N–H and O–H groups in total. The Hall–Kier alpha value is -2.64. The van der Waals surface area contributed by atoms with Crippen molar-refractivity contribution in [3.05, 3.63) is 30.1 Å². The van der Waals surface area contributed by atoms with E-state index in [0.717, 1.165) is 44.0 Å². The van der Waals surface area contributed by atoms with Crippen LogP contribution in [0.1, 0.15) is 25.0 Å². The fraction of sp³-hybridized carbons (Fsp3) is 0.600. The van der Waals surface area contributed by atoms with Crippen molar-refractivity contribution in [1.29, 1.82) is 0 Å². The number of likely N-dealkylation sites (N-methyl/N-ethyl adjacent to an activating group) is 1. The predicted molar refractivity (Wildman–Crippen MR) is 110 cm³/mol. The lowest BCUT2D eigenvalue weighted by molar-refractivity contribution is -0.128. The van der Waals surface area contributed by atoms with Crippen LogP contribution in [0, 0.1) is 5.92 Å². The largest absolute Gasteiger partial charge is 0.359 e. The van der Waals surface area contributed by atoms with Crippen LogP contribution in [-0.2, 0) is 16.0 Å². The van der Waals surface area contributed by atoms with Crippen LogP contribution in [0.5, 0.6) is 0 Å². The van der Waals surface area contributed by atoms with E-state index < -0.39 is 0 Å². The number of likely N-dealkylation sites (tertiary alicyclic amines) is 1. The first-order chi connectivity index (χ1) is 13.5. The number of piperidine rings is 1. The van der Waals surface area contributed by atoms with Gasteiger partial charge in [0.05, 0.1) is 6.54 Å². The van der Waals surface area contributed by atoms with E-state index >= 15 is 0 Å². The summed E-state index contributed by atoms with van der Waals surface area (Å²) in [6.45, 7) is 2.51. The van der Waals surface area contributed by atoms with Gasteiger partial charge in [0.25, 0.3) is 0 Å². The number of carbonyl (C=O) groups is 2. The van der Waals surface area contributed by atoms with Crippen LogP contribution in [0.25, 0.3) is 0 Å². The number of guanidine groups is 1. The Kier molecular flexibility index (Phi) is 8.71. The second-order valence-corrected chi connectivity index (χ2v) is 7.09. The van der Waals surface area contributed by atoms with Gasteiger partial charge in [-0.1, -0.05) is 6.07 Å². The molecule has 0 aromatic carbocycles. The van der Waals surface area contributed by atoms with Crippen LogP contribution in [0.2, 0.25) is 0 Å². The fourth-order valence-corrected chi connectivity index (χ4v) is 3.29. The van der Waals surface area contributed by atoms with Crippen molar-refractivity contribution in [2.45, 2.75) is 25.7 Å². The van der Waals surface area contributed by atoms with Crippen molar-refractivity contribution in [2.75, 3.05) is 47.3 Å². The zero-order valence-corrected chi connectivity index (χ0v) is 17.1. The Morgan fingerprint density at radius 3 is 2.68 bits per heavy atom. The molecular weight excluding hydrogens is 356 g/mol. The first-order valence-corrected chi connectivity index (χ1v) is 9.83. The van der Waals surface area contributed by atoms with Gasteiger partial charge in [-0.15, -0.1) is 0 Å². The fourth-order valence-electron chi connectivity index (χ4n) is 3.29. The van der Waals surface area contributed by atoms with Gasteiger partial charge >= 0.3 is 0 Å². The van der Waals surface area contributed by atoms with Crippen molar-refractivity contribution in [3.8, 4) is 0 Å². The van der Waals surface area contributed by atoms with Crippen LogP contribution in [-0.4, -0.2) is 79.9 Å². The number of rotatable bonds is 7. The molecular formula is C20H32N6O2. The van der Waals surface area contributed by atoms with Crippen LogP contribution < -0.4 is 10.6 Å². The Labute approximate surface area is 167 Å². The van der Waals surface area contributed by atoms with Crippen LogP contribution in [0.3, 0.4) is 0 Å². The van der Waals surface area contributed by atoms with E-state index in [1.54, 1.807) is 32.2 Å². The number of hydrogen-bond acceptors (Lipinski definition) is 4. The van der Waals surface area contributed by atoms with Gasteiger partial charge in [0.1, 0.15) is 0 Å². The molecule has 2 rings (SSSR count). The third-order valence-corrected chi connectivity index (χ3v) is 5.13. The lowest BCUT2D eigenvalue weighted by Gasteiger charge is -2.34. The second kappa shape index (κ2) is 11.3. The minimum absolute atomic E-state index is 0.0200. The lowest BCUT2D eigenvalue weighted by Crippen LogP contribution is -2.48. The van der Waals surface area contributed by atoms with Crippen molar-refractivity contribution >= 4 is 17.8 Å². The molecule has 28 heavy (non-hydrogen) atoms. The summed E-state index contributed by atoms with van der Waals surface area (Å²) in [5.74, 6) is 1.27. The molecule has 0 spiro atoms. The number of carbonyl (C=O) groups excluding carboxylic acids is 2. The van der Waals surface area contributed by atoms with E-state index in [-0.39, 0.29) is 18.4 Å². The number of hydrogen-bond donors (Lipinski definition) is 2. The summed E-state index contributed by atoms with van der Waals surface area (Å²) in [5.41, 5.74) is 0.977. The lowest BCUT2D eigenvalue weighted by atomic mass is 9.93. The molecule has 0 atom stereocenters. The van der Waals surface area contributed by atoms with Gasteiger partial charge in [-0.05, 0) is 30.9 Å². The molecule has 0 saturated carbocycles. The molecule has 1 fully saturated rings. The maximum absolute atomic E-state index is 12.4. The van der Waals surface area contributed by atoms with Crippen molar-refractivity contribution < 1.29 is 9.59 Å². The molecule has 1 aromatic rings. The van der Waals surface area contributed by atoms with Crippen molar-refractivity contribution in [2.24, 2.45) is 10.9 Å². The smallest absolute Gasteiger partial charge is 0.241 e. The molecule has 0 bridgehead atoms. The zero-order chi connectivity index (χ0) is 20.4. The summed E-state index contributed by atoms with van der Waals surface area (Å²) in [5, 5.41) is 5.86. The van der Waals surface area contributed by atoms with E-state index in [9.17, 15) is 9.59 Å². The van der Waals surface area contributed by atoms with Gasteiger partial charge in [-0.2, -0.15) is 0 Å². The first-order valence-electron chi connectivity index (χ1n) is 9.83. The van der Waals surface area contributed by atoms with Gasteiger partial charge in [0.2, 0.25) is 11.8 Å². The molecule has 0 aliphatic carbocycles. The van der Waals surface area contributed by atoms with E-state index in [2.05, 4.69) is 25.5 Å². The minimum atomic E-state index is 0.0200. The molecule has 0 radical (unpaired) electrons. The summed E-state index contributed by atoms with van der Waals surface area (Å²) in [4.78, 5) is 36.4.